The van der Waals surface area contributed by atoms with Gasteiger partial charge in [0.15, 0.2) is 0 Å². The van der Waals surface area contributed by atoms with Gasteiger partial charge in [-0.05, 0) is 25.0 Å². The first kappa shape index (κ1) is 17.8. The van der Waals surface area contributed by atoms with E-state index in [0.29, 0.717) is 5.75 Å². The van der Waals surface area contributed by atoms with Gasteiger partial charge in [0.25, 0.3) is 0 Å². The van der Waals surface area contributed by atoms with E-state index in [9.17, 15) is 0 Å². The summed E-state index contributed by atoms with van der Waals surface area (Å²) in [6, 6.07) is 8.71. The van der Waals surface area contributed by atoms with Crippen LogP contribution in [-0.2, 0) is 0 Å². The molecule has 0 aromatic heterocycles. The second kappa shape index (κ2) is 14.8. The van der Waals surface area contributed by atoms with Gasteiger partial charge >= 0.3 is 0 Å². The molecule has 0 atom stereocenters. The molecule has 0 aliphatic heterocycles. The van der Waals surface area contributed by atoms with E-state index in [1.165, 1.54) is 57.8 Å². The largest absolute Gasteiger partial charge is 0.508 e. The molecule has 0 radical (unpaired) electrons. The van der Waals surface area contributed by atoms with Crippen LogP contribution in [0.25, 0.3) is 0 Å². The number of benzene rings is 1. The zero-order valence-corrected chi connectivity index (χ0v) is 12.5. The van der Waals surface area contributed by atoms with Crippen LogP contribution in [0, 0.1) is 0 Å². The second-order valence-electron chi connectivity index (χ2n) is 4.89. The summed E-state index contributed by atoms with van der Waals surface area (Å²) in [4.78, 5) is 0. The third-order valence-electron chi connectivity index (χ3n) is 3.02. The molecule has 108 valence electrons. The molecule has 0 saturated heterocycles. The highest BCUT2D eigenvalue weighted by atomic mass is 16.3. The van der Waals surface area contributed by atoms with Crippen LogP contribution in [0.4, 0.5) is 0 Å². The molecule has 1 rings (SSSR count). The van der Waals surface area contributed by atoms with Crippen LogP contribution in [0.1, 0.15) is 64.7 Å². The van der Waals surface area contributed by atoms with Gasteiger partial charge in [-0.2, -0.15) is 0 Å². The minimum absolute atomic E-state index is 0.322. The minimum atomic E-state index is 0.322. The van der Waals surface area contributed by atoms with Gasteiger partial charge in [0.2, 0.25) is 0 Å². The van der Waals surface area contributed by atoms with Gasteiger partial charge in [-0.3, -0.25) is 0 Å². The van der Waals surface area contributed by atoms with Crippen LogP contribution in [0.3, 0.4) is 0 Å². The Kier molecular flexibility index (Phi) is 13.9. The maximum Gasteiger partial charge on any atom is 0.115 e. The van der Waals surface area contributed by atoms with E-state index in [2.05, 4.69) is 13.5 Å². The van der Waals surface area contributed by atoms with Gasteiger partial charge in [0.05, 0.1) is 0 Å². The van der Waals surface area contributed by atoms with Gasteiger partial charge < -0.3 is 5.11 Å². The van der Waals surface area contributed by atoms with Crippen molar-refractivity contribution in [2.45, 2.75) is 64.7 Å². The Morgan fingerprint density at radius 1 is 0.895 bits per heavy atom. The van der Waals surface area contributed by atoms with Gasteiger partial charge in [-0.15, -0.1) is 6.58 Å². The lowest BCUT2D eigenvalue weighted by atomic mass is 10.1. The zero-order valence-electron chi connectivity index (χ0n) is 12.5. The molecule has 1 heteroatoms. The maximum absolute atomic E-state index is 8.63. The Labute approximate surface area is 119 Å². The van der Waals surface area contributed by atoms with Crippen LogP contribution >= 0.6 is 0 Å². The van der Waals surface area contributed by atoms with Gasteiger partial charge in [-0.25, -0.2) is 0 Å². The number of aromatic hydroxyl groups is 1. The van der Waals surface area contributed by atoms with Crippen molar-refractivity contribution < 1.29 is 5.11 Å². The molecule has 1 aromatic carbocycles. The van der Waals surface area contributed by atoms with E-state index < -0.39 is 0 Å². The monoisotopic (exact) mass is 262 g/mol. The molecule has 0 heterocycles. The number of allylic oxidation sites excluding steroid dienone is 1. The standard InChI is InChI=1S/C12H24.C6H6O/c1-3-5-7-9-11-12-10-8-6-4-2;7-6-4-2-1-3-5-6/h3H,1,4-12H2,2H3;1-5,7H. The van der Waals surface area contributed by atoms with Gasteiger partial charge in [-0.1, -0.05) is 76.1 Å². The Bertz CT molecular complexity index is 279. The molecule has 1 N–H and O–H groups in total. The average molecular weight is 262 g/mol. The second-order valence-corrected chi connectivity index (χ2v) is 4.89. The molecule has 0 bridgehead atoms. The Balaban J connectivity index is 0.000000388. The highest BCUT2D eigenvalue weighted by Crippen LogP contribution is 2.09. The van der Waals surface area contributed by atoms with E-state index in [4.69, 9.17) is 5.11 Å². The number of phenolic OH excluding ortho intramolecular Hbond substituents is 1. The number of para-hydroxylation sites is 1. The molecular formula is C18H30O. The van der Waals surface area contributed by atoms with Crippen molar-refractivity contribution in [3.05, 3.63) is 43.0 Å². The summed E-state index contributed by atoms with van der Waals surface area (Å²) in [5.74, 6) is 0.322. The molecule has 0 fully saturated rings. The predicted octanol–water partition coefficient (Wildman–Crippen LogP) is 6.10. The van der Waals surface area contributed by atoms with Crippen LogP contribution in [0.15, 0.2) is 43.0 Å². The van der Waals surface area contributed by atoms with Crippen molar-refractivity contribution in [2.24, 2.45) is 0 Å². The van der Waals surface area contributed by atoms with Crippen LogP contribution in [0.2, 0.25) is 0 Å². The highest BCUT2D eigenvalue weighted by molar-refractivity contribution is 5.18. The maximum atomic E-state index is 8.63. The molecule has 0 saturated carbocycles. The van der Waals surface area contributed by atoms with E-state index in [1.807, 2.05) is 12.1 Å². The van der Waals surface area contributed by atoms with Crippen molar-refractivity contribution in [3.63, 3.8) is 0 Å². The highest BCUT2D eigenvalue weighted by Gasteiger charge is 1.89. The van der Waals surface area contributed by atoms with E-state index in [0.717, 1.165) is 0 Å². The normalized spacial score (nSPS) is 9.53. The fourth-order valence-corrected chi connectivity index (χ4v) is 1.85. The van der Waals surface area contributed by atoms with Crippen molar-refractivity contribution in [1.29, 1.82) is 0 Å². The number of phenols is 1. The van der Waals surface area contributed by atoms with E-state index >= 15 is 0 Å². The quantitative estimate of drug-likeness (QED) is 0.421. The van der Waals surface area contributed by atoms with Gasteiger partial charge in [0.1, 0.15) is 5.75 Å². The first-order chi connectivity index (χ1) is 9.31. The van der Waals surface area contributed by atoms with Crippen molar-refractivity contribution in [2.75, 3.05) is 0 Å². The number of hydrogen-bond acceptors (Lipinski definition) is 1. The number of unbranched alkanes of at least 4 members (excludes halogenated alkanes) is 8. The predicted molar refractivity (Wildman–Crippen MR) is 85.5 cm³/mol. The topological polar surface area (TPSA) is 20.2 Å². The van der Waals surface area contributed by atoms with E-state index in [1.54, 1.807) is 24.3 Å². The lowest BCUT2D eigenvalue weighted by Gasteiger charge is -1.99. The third-order valence-corrected chi connectivity index (χ3v) is 3.02. The zero-order chi connectivity index (χ0) is 14.2. The molecule has 19 heavy (non-hydrogen) atoms. The van der Waals surface area contributed by atoms with Crippen molar-refractivity contribution in [3.8, 4) is 5.75 Å². The number of rotatable bonds is 9. The third kappa shape index (κ3) is 14.7. The Hall–Kier alpha value is -1.24. The Morgan fingerprint density at radius 2 is 1.42 bits per heavy atom. The molecule has 0 amide bonds. The van der Waals surface area contributed by atoms with Crippen LogP contribution in [-0.4, -0.2) is 5.11 Å². The van der Waals surface area contributed by atoms with E-state index in [-0.39, 0.29) is 0 Å². The molecular weight excluding hydrogens is 232 g/mol. The first-order valence-corrected chi connectivity index (χ1v) is 7.66. The van der Waals surface area contributed by atoms with Crippen molar-refractivity contribution in [1.82, 2.24) is 0 Å². The smallest absolute Gasteiger partial charge is 0.115 e. The fraction of sp³-hybridized carbons (Fsp3) is 0.556. The molecule has 1 aromatic rings. The lowest BCUT2D eigenvalue weighted by molar-refractivity contribution is 0.475. The molecule has 1 nitrogen and oxygen atoms in total. The minimum Gasteiger partial charge on any atom is -0.508 e. The summed E-state index contributed by atoms with van der Waals surface area (Å²) in [6.45, 7) is 5.99. The summed E-state index contributed by atoms with van der Waals surface area (Å²) in [7, 11) is 0. The summed E-state index contributed by atoms with van der Waals surface area (Å²) in [5.41, 5.74) is 0. The summed E-state index contributed by atoms with van der Waals surface area (Å²) in [5, 5.41) is 8.63. The van der Waals surface area contributed by atoms with Crippen LogP contribution < -0.4 is 0 Å². The summed E-state index contributed by atoms with van der Waals surface area (Å²) >= 11 is 0. The number of hydrogen-bond donors (Lipinski definition) is 1. The van der Waals surface area contributed by atoms with Crippen molar-refractivity contribution >= 4 is 0 Å². The molecule has 0 spiro atoms. The lowest BCUT2D eigenvalue weighted by Crippen LogP contribution is -1.79. The molecule has 0 aliphatic carbocycles. The Morgan fingerprint density at radius 3 is 1.84 bits per heavy atom. The fourth-order valence-electron chi connectivity index (χ4n) is 1.85. The first-order valence-electron chi connectivity index (χ1n) is 7.66. The molecule has 0 unspecified atom stereocenters. The van der Waals surface area contributed by atoms with Gasteiger partial charge in [0, 0.05) is 0 Å². The summed E-state index contributed by atoms with van der Waals surface area (Å²) in [6.07, 6.45) is 14.5. The summed E-state index contributed by atoms with van der Waals surface area (Å²) < 4.78 is 0. The van der Waals surface area contributed by atoms with Crippen LogP contribution in [0.5, 0.6) is 5.75 Å². The molecule has 0 aliphatic rings. The average Bonchev–Trinajstić information content (AvgIpc) is 2.43. The SMILES string of the molecule is C=CCCCCCCCCCC.Oc1ccccc1.